The number of fused-ring (bicyclic) bond motifs is 1. The van der Waals surface area contributed by atoms with Crippen LogP contribution in [0, 0.1) is 5.82 Å². The van der Waals surface area contributed by atoms with E-state index < -0.39 is 17.4 Å². The predicted octanol–water partition coefficient (Wildman–Crippen LogP) is 2.07. The average molecular weight is 507 g/mol. The smallest absolute Gasteiger partial charge is 0.414 e. The number of anilines is 2. The van der Waals surface area contributed by atoms with Gasteiger partial charge >= 0.3 is 17.3 Å². The molecule has 2 saturated heterocycles. The van der Waals surface area contributed by atoms with E-state index in [0.29, 0.717) is 62.7 Å². The van der Waals surface area contributed by atoms with Crippen LogP contribution < -0.4 is 20.3 Å². The first-order chi connectivity index (χ1) is 18.0. The van der Waals surface area contributed by atoms with Crippen molar-refractivity contribution in [3.63, 3.8) is 0 Å². The van der Waals surface area contributed by atoms with Gasteiger partial charge in [-0.3, -0.25) is 9.89 Å². The topological polar surface area (TPSA) is 110 Å². The number of ether oxygens (including phenoxy) is 2. The molecule has 0 aliphatic carbocycles. The van der Waals surface area contributed by atoms with Crippen LogP contribution >= 0.6 is 0 Å². The molecule has 37 heavy (non-hydrogen) atoms. The normalized spacial score (nSPS) is 17.8. The van der Waals surface area contributed by atoms with Crippen LogP contribution in [0.3, 0.4) is 0 Å². The van der Waals surface area contributed by atoms with Crippen molar-refractivity contribution in [2.45, 2.75) is 12.8 Å². The van der Waals surface area contributed by atoms with Crippen molar-refractivity contribution in [3.8, 4) is 5.75 Å². The highest BCUT2D eigenvalue weighted by Gasteiger charge is 2.33. The molecule has 0 atom stereocenters. The summed E-state index contributed by atoms with van der Waals surface area (Å²) < 4.78 is 25.2. The van der Waals surface area contributed by atoms with Gasteiger partial charge in [0.2, 0.25) is 0 Å². The van der Waals surface area contributed by atoms with Gasteiger partial charge in [0.05, 0.1) is 31.2 Å². The van der Waals surface area contributed by atoms with Crippen molar-refractivity contribution >= 4 is 28.8 Å². The van der Waals surface area contributed by atoms with Crippen LogP contribution in [0.2, 0.25) is 0 Å². The summed E-state index contributed by atoms with van der Waals surface area (Å²) in [5.74, 6) is -0.756. The number of hydrogen-bond donors (Lipinski definition) is 1. The van der Waals surface area contributed by atoms with E-state index in [4.69, 9.17) is 9.47 Å². The molecular weight excluding hydrogens is 481 g/mol. The molecule has 2 aromatic heterocycles. The molecule has 1 amide bonds. The summed E-state index contributed by atoms with van der Waals surface area (Å²) in [5.41, 5.74) is 3.52. The molecule has 10 nitrogen and oxygen atoms in total. The number of aromatic nitrogens is 2. The highest BCUT2D eigenvalue weighted by molar-refractivity contribution is 6.03. The maximum Gasteiger partial charge on any atom is 0.414 e. The SMILES string of the molecule is O=C1OCCN1c1cc(N2CCOCC2)cn2c(=O)c(O)c(C3=NC=C(Cc4ccc(F)cc4)C3)[nH+]c12. The lowest BCUT2D eigenvalue weighted by atomic mass is 10.0. The summed E-state index contributed by atoms with van der Waals surface area (Å²) in [7, 11) is 0. The number of allylic oxidation sites excluding steroid dienone is 1. The van der Waals surface area contributed by atoms with Gasteiger partial charge in [-0.1, -0.05) is 12.1 Å². The highest BCUT2D eigenvalue weighted by Crippen LogP contribution is 2.29. The van der Waals surface area contributed by atoms with E-state index in [1.54, 1.807) is 24.5 Å². The molecule has 1 aromatic carbocycles. The van der Waals surface area contributed by atoms with Gasteiger partial charge in [0.1, 0.15) is 24.3 Å². The zero-order valence-electron chi connectivity index (χ0n) is 19.9. The number of aromatic amines is 1. The van der Waals surface area contributed by atoms with Crippen molar-refractivity contribution in [1.29, 1.82) is 0 Å². The van der Waals surface area contributed by atoms with E-state index in [9.17, 15) is 19.1 Å². The van der Waals surface area contributed by atoms with Gasteiger partial charge in [-0.05, 0) is 35.8 Å². The number of nitrogens with one attached hydrogen (secondary N) is 1. The highest BCUT2D eigenvalue weighted by atomic mass is 19.1. The van der Waals surface area contributed by atoms with Crippen molar-refractivity contribution in [2.24, 2.45) is 4.99 Å². The first-order valence-corrected chi connectivity index (χ1v) is 12.1. The number of halogens is 1. The van der Waals surface area contributed by atoms with Crippen molar-refractivity contribution in [1.82, 2.24) is 4.40 Å². The van der Waals surface area contributed by atoms with E-state index in [1.807, 2.05) is 6.07 Å². The number of aliphatic imine (C=N–C) groups is 1. The van der Waals surface area contributed by atoms with Crippen molar-refractivity contribution < 1.29 is 28.7 Å². The molecule has 3 aromatic rings. The number of H-pyrrole nitrogens is 1. The maximum absolute atomic E-state index is 13.4. The number of benzene rings is 1. The third-order valence-corrected chi connectivity index (χ3v) is 6.79. The first-order valence-electron chi connectivity index (χ1n) is 12.1. The summed E-state index contributed by atoms with van der Waals surface area (Å²) in [6.45, 7) is 2.96. The first kappa shape index (κ1) is 23.2. The van der Waals surface area contributed by atoms with Crippen LogP contribution in [0.1, 0.15) is 17.7 Å². The van der Waals surface area contributed by atoms with Gasteiger partial charge in [0.15, 0.2) is 5.69 Å². The van der Waals surface area contributed by atoms with E-state index in [0.717, 1.165) is 16.8 Å². The van der Waals surface area contributed by atoms with E-state index >= 15 is 0 Å². The molecular formula is C26H25FN5O5+. The Labute approximate surface area is 210 Å². The van der Waals surface area contributed by atoms with Crippen LogP contribution in [0.25, 0.3) is 5.65 Å². The minimum atomic E-state index is -0.623. The molecule has 0 spiro atoms. The Balaban J connectivity index is 1.39. The number of hydrogen-bond acceptors (Lipinski definition) is 7. The number of aromatic hydroxyl groups is 1. The van der Waals surface area contributed by atoms with E-state index in [1.165, 1.54) is 21.4 Å². The van der Waals surface area contributed by atoms with Gasteiger partial charge in [-0.2, -0.15) is 4.40 Å². The number of carbonyl (C=O) groups excluding carboxylic acids is 1. The number of cyclic esters (lactones) is 1. The van der Waals surface area contributed by atoms with Crippen molar-refractivity contribution in [2.75, 3.05) is 49.3 Å². The summed E-state index contributed by atoms with van der Waals surface area (Å²) in [4.78, 5) is 37.1. The lowest BCUT2D eigenvalue weighted by Gasteiger charge is -2.28. The summed E-state index contributed by atoms with van der Waals surface area (Å²) in [6.07, 6.45) is 3.83. The molecule has 3 aliphatic rings. The Bertz CT molecular complexity index is 1510. The van der Waals surface area contributed by atoms with Gasteiger partial charge in [0.25, 0.3) is 5.75 Å². The lowest BCUT2D eigenvalue weighted by molar-refractivity contribution is -0.353. The van der Waals surface area contributed by atoms with Crippen LogP contribution in [0.5, 0.6) is 5.75 Å². The Morgan fingerprint density at radius 3 is 2.59 bits per heavy atom. The van der Waals surface area contributed by atoms with Crippen molar-refractivity contribution in [3.05, 3.63) is 75.7 Å². The number of nitrogens with zero attached hydrogens (tertiary/aromatic N) is 4. The Hall–Kier alpha value is -4.25. The largest absolute Gasteiger partial charge is 0.498 e. The van der Waals surface area contributed by atoms with Crippen LogP contribution in [0.4, 0.5) is 20.6 Å². The van der Waals surface area contributed by atoms with Gasteiger partial charge in [-0.15, -0.1) is 0 Å². The molecule has 0 unspecified atom stereocenters. The summed E-state index contributed by atoms with van der Waals surface area (Å²) in [5, 5.41) is 10.9. The molecule has 0 bridgehead atoms. The molecule has 6 rings (SSSR count). The van der Waals surface area contributed by atoms with Gasteiger partial charge in [0, 0.05) is 25.7 Å². The molecule has 0 saturated carbocycles. The Morgan fingerprint density at radius 2 is 1.86 bits per heavy atom. The monoisotopic (exact) mass is 506 g/mol. The quantitative estimate of drug-likeness (QED) is 0.568. The lowest BCUT2D eigenvalue weighted by Crippen LogP contribution is -2.38. The minimum Gasteiger partial charge on any atom is -0.498 e. The third-order valence-electron chi connectivity index (χ3n) is 6.79. The Morgan fingerprint density at radius 1 is 1.08 bits per heavy atom. The number of morpholine rings is 1. The molecule has 2 fully saturated rings. The second-order valence-corrected chi connectivity index (χ2v) is 9.16. The Kier molecular flexibility index (Phi) is 5.84. The van der Waals surface area contributed by atoms with Gasteiger partial charge < -0.3 is 19.5 Å². The minimum absolute atomic E-state index is 0.197. The summed E-state index contributed by atoms with van der Waals surface area (Å²) >= 11 is 0. The fourth-order valence-electron chi connectivity index (χ4n) is 4.87. The zero-order valence-corrected chi connectivity index (χ0v) is 19.9. The van der Waals surface area contributed by atoms with Crippen LogP contribution in [0.15, 0.2) is 58.1 Å². The fourth-order valence-corrected chi connectivity index (χ4v) is 4.87. The van der Waals surface area contributed by atoms with Crippen LogP contribution in [-0.2, 0) is 15.9 Å². The zero-order chi connectivity index (χ0) is 25.5. The number of carbonyl (C=O) groups is 1. The van der Waals surface area contributed by atoms with E-state index in [-0.39, 0.29) is 18.1 Å². The molecule has 190 valence electrons. The molecule has 11 heteroatoms. The molecule has 3 aliphatic heterocycles. The molecule has 2 N–H and O–H groups in total. The van der Waals surface area contributed by atoms with Gasteiger partial charge in [-0.25, -0.2) is 19.0 Å². The molecule has 5 heterocycles. The standard InChI is InChI=1S/C26H24FN5O5/c27-18-3-1-16(2-4-18)11-17-12-20(28-14-17)22-23(33)25(34)32-15-19(30-5-8-36-9-6-30)13-21(24(32)29-22)31-7-10-37-26(31)35/h1-4,13-15,33H,5-12H2/p+1. The number of amides is 1. The second-order valence-electron chi connectivity index (χ2n) is 9.16. The molecule has 0 radical (unpaired) electrons. The van der Waals surface area contributed by atoms with Crippen LogP contribution in [-0.4, -0.2) is 60.8 Å². The average Bonchev–Trinajstić information content (AvgIpc) is 3.56. The fraction of sp³-hybridized carbons (Fsp3) is 0.308. The predicted molar refractivity (Wildman–Crippen MR) is 133 cm³/mol. The maximum atomic E-state index is 13.4. The van der Waals surface area contributed by atoms with E-state index in [2.05, 4.69) is 14.9 Å². The third kappa shape index (κ3) is 4.31. The number of rotatable bonds is 5. The summed E-state index contributed by atoms with van der Waals surface area (Å²) in [6, 6.07) is 8.10. The second kappa shape index (κ2) is 9.32. The number of pyridine rings is 1.